The average Bonchev–Trinajstić information content (AvgIpc) is 3.37. The predicted molar refractivity (Wildman–Crippen MR) is 134 cm³/mol. The van der Waals surface area contributed by atoms with Gasteiger partial charge in [0.15, 0.2) is 0 Å². The number of thiophene rings is 1. The van der Waals surface area contributed by atoms with E-state index in [2.05, 4.69) is 10.1 Å². The van der Waals surface area contributed by atoms with Crippen molar-refractivity contribution in [3.63, 3.8) is 0 Å². The summed E-state index contributed by atoms with van der Waals surface area (Å²) in [5.41, 5.74) is 3.76. The van der Waals surface area contributed by atoms with Crippen molar-refractivity contribution >= 4 is 33.3 Å². The van der Waals surface area contributed by atoms with Crippen LogP contribution in [0.3, 0.4) is 0 Å². The molecule has 1 amide bonds. The third-order valence-corrected chi connectivity index (χ3v) is 6.67. The Bertz CT molecular complexity index is 1530. The molecule has 3 aromatic heterocycles. The molecule has 0 atom stereocenters. The molecule has 0 unspecified atom stereocenters. The molecule has 1 fully saturated rings. The Hall–Kier alpha value is -4.10. The summed E-state index contributed by atoms with van der Waals surface area (Å²) >= 11 is 1.49. The van der Waals surface area contributed by atoms with Crippen LogP contribution in [0.4, 0.5) is 13.2 Å². The maximum atomic E-state index is 13.0. The highest BCUT2D eigenvalue weighted by Crippen LogP contribution is 2.36. The highest BCUT2D eigenvalue weighted by atomic mass is 32.1. The van der Waals surface area contributed by atoms with E-state index in [1.807, 2.05) is 41.8 Å². The molecule has 0 bridgehead atoms. The standard InChI is InChI=1S/C23H20N4O3S.C2HF3O2/c1-26-23(29)19-18(14-31-21(19)20(25-26)15-5-7-24-8-6-15)16-3-2-4-17(13-16)22(28)27-9-11-30-12-10-27;3-2(4,5)1(6)7/h2-8,13-14H,9-12H2,1H3;(H,6,7). The third kappa shape index (κ3) is 5.73. The number of amides is 1. The van der Waals surface area contributed by atoms with Crippen LogP contribution >= 0.6 is 11.3 Å². The molecular formula is C25H21F3N4O5S. The Labute approximate surface area is 217 Å². The van der Waals surface area contributed by atoms with Crippen molar-refractivity contribution in [3.05, 3.63) is 70.1 Å². The van der Waals surface area contributed by atoms with Gasteiger partial charge >= 0.3 is 12.1 Å². The van der Waals surface area contributed by atoms with Crippen LogP contribution in [0.15, 0.2) is 59.0 Å². The Morgan fingerprint density at radius 1 is 1.08 bits per heavy atom. The minimum Gasteiger partial charge on any atom is -0.475 e. The number of hydrogen-bond donors (Lipinski definition) is 1. The molecule has 4 heterocycles. The highest BCUT2D eigenvalue weighted by Gasteiger charge is 2.38. The lowest BCUT2D eigenvalue weighted by Gasteiger charge is -2.27. The summed E-state index contributed by atoms with van der Waals surface area (Å²) in [6, 6.07) is 11.2. The van der Waals surface area contributed by atoms with E-state index in [0.717, 1.165) is 27.1 Å². The molecule has 0 aliphatic carbocycles. The van der Waals surface area contributed by atoms with Gasteiger partial charge in [0, 0.05) is 54.6 Å². The number of aliphatic carboxylic acids is 1. The molecule has 0 spiro atoms. The van der Waals surface area contributed by atoms with E-state index in [1.54, 1.807) is 24.3 Å². The predicted octanol–water partition coefficient (Wildman–Crippen LogP) is 3.83. The lowest BCUT2D eigenvalue weighted by atomic mass is 10.0. The summed E-state index contributed by atoms with van der Waals surface area (Å²) < 4.78 is 39.3. The van der Waals surface area contributed by atoms with Crippen molar-refractivity contribution < 1.29 is 32.6 Å². The zero-order valence-corrected chi connectivity index (χ0v) is 20.8. The van der Waals surface area contributed by atoms with Crippen LogP contribution in [0.5, 0.6) is 0 Å². The maximum absolute atomic E-state index is 13.0. The number of benzene rings is 1. The normalized spacial score (nSPS) is 13.6. The number of alkyl halides is 3. The van der Waals surface area contributed by atoms with Gasteiger partial charge in [-0.15, -0.1) is 11.3 Å². The fourth-order valence-electron chi connectivity index (χ4n) is 3.83. The number of halogens is 3. The van der Waals surface area contributed by atoms with Crippen LogP contribution in [-0.2, 0) is 16.6 Å². The van der Waals surface area contributed by atoms with Crippen molar-refractivity contribution in [2.75, 3.05) is 26.3 Å². The molecule has 0 radical (unpaired) electrons. The Morgan fingerprint density at radius 3 is 2.37 bits per heavy atom. The van der Waals surface area contributed by atoms with Crippen LogP contribution in [0, 0.1) is 0 Å². The molecule has 1 aliphatic heterocycles. The van der Waals surface area contributed by atoms with E-state index in [0.29, 0.717) is 37.3 Å². The summed E-state index contributed by atoms with van der Waals surface area (Å²) in [6.45, 7) is 2.29. The van der Waals surface area contributed by atoms with Gasteiger partial charge in [-0.1, -0.05) is 12.1 Å². The first-order valence-corrected chi connectivity index (χ1v) is 12.1. The smallest absolute Gasteiger partial charge is 0.475 e. The number of fused-ring (bicyclic) bond motifs is 1. The van der Waals surface area contributed by atoms with E-state index in [9.17, 15) is 22.8 Å². The SMILES string of the molecule is Cn1nc(-c2ccncc2)c2scc(-c3cccc(C(=O)N4CCOCC4)c3)c2c1=O.O=C(O)C(F)(F)F. The molecule has 38 heavy (non-hydrogen) atoms. The molecule has 1 saturated heterocycles. The molecule has 9 nitrogen and oxygen atoms in total. The molecule has 4 aromatic rings. The summed E-state index contributed by atoms with van der Waals surface area (Å²) in [7, 11) is 1.66. The lowest BCUT2D eigenvalue weighted by Crippen LogP contribution is -2.40. The monoisotopic (exact) mass is 546 g/mol. The first kappa shape index (κ1) is 26.9. The van der Waals surface area contributed by atoms with Gasteiger partial charge in [0.1, 0.15) is 5.69 Å². The number of aromatic nitrogens is 3. The molecule has 1 N–H and O–H groups in total. The largest absolute Gasteiger partial charge is 0.490 e. The van der Waals surface area contributed by atoms with Gasteiger partial charge < -0.3 is 14.7 Å². The quantitative estimate of drug-likeness (QED) is 0.415. The Balaban J connectivity index is 0.000000426. The van der Waals surface area contributed by atoms with Gasteiger partial charge in [-0.05, 0) is 29.8 Å². The van der Waals surface area contributed by atoms with Crippen molar-refractivity contribution in [1.82, 2.24) is 19.7 Å². The van der Waals surface area contributed by atoms with Gasteiger partial charge in [0.05, 0.1) is 23.3 Å². The number of ether oxygens (including phenoxy) is 1. The topological polar surface area (TPSA) is 115 Å². The second-order valence-electron chi connectivity index (χ2n) is 8.16. The number of carboxylic acids is 1. The highest BCUT2D eigenvalue weighted by molar-refractivity contribution is 7.18. The Kier molecular flexibility index (Phi) is 7.88. The van der Waals surface area contributed by atoms with Crippen molar-refractivity contribution in [2.45, 2.75) is 6.18 Å². The Morgan fingerprint density at radius 2 is 1.74 bits per heavy atom. The maximum Gasteiger partial charge on any atom is 0.490 e. The van der Waals surface area contributed by atoms with Crippen LogP contribution in [0.2, 0.25) is 0 Å². The summed E-state index contributed by atoms with van der Waals surface area (Å²) in [5.74, 6) is -2.77. The number of carboxylic acid groups (broad SMARTS) is 1. The number of morpholine rings is 1. The number of pyridine rings is 1. The fraction of sp³-hybridized carbons (Fsp3) is 0.240. The minimum absolute atomic E-state index is 0.0169. The number of nitrogens with zero attached hydrogens (tertiary/aromatic N) is 4. The van der Waals surface area contributed by atoms with Gasteiger partial charge in [-0.2, -0.15) is 18.3 Å². The molecule has 5 rings (SSSR count). The molecule has 198 valence electrons. The molecule has 13 heteroatoms. The zero-order valence-electron chi connectivity index (χ0n) is 19.9. The zero-order chi connectivity index (χ0) is 27.4. The number of aryl methyl sites for hydroxylation is 1. The summed E-state index contributed by atoms with van der Waals surface area (Å²) in [5, 5.41) is 14.2. The average molecular weight is 547 g/mol. The van der Waals surface area contributed by atoms with E-state index >= 15 is 0 Å². The molecule has 1 aliphatic rings. The minimum atomic E-state index is -5.08. The second kappa shape index (κ2) is 11.1. The van der Waals surface area contributed by atoms with Gasteiger partial charge in [0.2, 0.25) is 0 Å². The van der Waals surface area contributed by atoms with Crippen LogP contribution in [0.25, 0.3) is 32.5 Å². The summed E-state index contributed by atoms with van der Waals surface area (Å²) in [4.78, 5) is 40.7. The van der Waals surface area contributed by atoms with Gasteiger partial charge in [0.25, 0.3) is 11.5 Å². The van der Waals surface area contributed by atoms with E-state index in [1.165, 1.54) is 16.0 Å². The van der Waals surface area contributed by atoms with E-state index in [4.69, 9.17) is 14.6 Å². The van der Waals surface area contributed by atoms with Crippen LogP contribution in [-0.4, -0.2) is 69.1 Å². The second-order valence-corrected chi connectivity index (χ2v) is 9.03. The lowest BCUT2D eigenvalue weighted by molar-refractivity contribution is -0.192. The summed E-state index contributed by atoms with van der Waals surface area (Å²) in [6.07, 6.45) is -1.66. The molecule has 1 aromatic carbocycles. The first-order chi connectivity index (χ1) is 18.1. The number of carbonyl (C=O) groups excluding carboxylic acids is 1. The fourth-order valence-corrected chi connectivity index (χ4v) is 4.90. The third-order valence-electron chi connectivity index (χ3n) is 5.68. The number of carbonyl (C=O) groups is 2. The number of hydrogen-bond acceptors (Lipinski definition) is 7. The van der Waals surface area contributed by atoms with E-state index < -0.39 is 12.1 Å². The van der Waals surface area contributed by atoms with Crippen LogP contribution < -0.4 is 5.56 Å². The van der Waals surface area contributed by atoms with Gasteiger partial charge in [-0.25, -0.2) is 9.48 Å². The van der Waals surface area contributed by atoms with Gasteiger partial charge in [-0.3, -0.25) is 14.6 Å². The van der Waals surface area contributed by atoms with E-state index in [-0.39, 0.29) is 11.5 Å². The van der Waals surface area contributed by atoms with Crippen LogP contribution in [0.1, 0.15) is 10.4 Å². The van der Waals surface area contributed by atoms with Crippen molar-refractivity contribution in [3.8, 4) is 22.4 Å². The molecule has 0 saturated carbocycles. The first-order valence-electron chi connectivity index (χ1n) is 11.2. The number of rotatable bonds is 3. The van der Waals surface area contributed by atoms with Crippen molar-refractivity contribution in [2.24, 2.45) is 7.05 Å². The molecular weight excluding hydrogens is 525 g/mol. The van der Waals surface area contributed by atoms with Crippen molar-refractivity contribution in [1.29, 1.82) is 0 Å².